The van der Waals surface area contributed by atoms with Gasteiger partial charge in [0.25, 0.3) is 5.91 Å². The van der Waals surface area contributed by atoms with Crippen LogP contribution in [0.25, 0.3) is 10.9 Å². The highest BCUT2D eigenvalue weighted by atomic mass is 16.2. The maximum Gasteiger partial charge on any atom is 0.254 e. The van der Waals surface area contributed by atoms with Gasteiger partial charge in [0.1, 0.15) is 0 Å². The Balaban J connectivity index is 1.64. The monoisotopic (exact) mass is 290 g/mol. The summed E-state index contributed by atoms with van der Waals surface area (Å²) in [6.45, 7) is 4.34. The molecule has 0 bridgehead atoms. The second kappa shape index (κ2) is 5.02. The van der Waals surface area contributed by atoms with E-state index in [9.17, 15) is 4.79 Å². The smallest absolute Gasteiger partial charge is 0.254 e. The third-order valence-electron chi connectivity index (χ3n) is 4.43. The standard InChI is InChI=1S/C19H18N2O/c1-14-6-8-15(9-7-14)19(22)20-10-11-21-17(13-20)12-16-4-2-3-5-18(16)21/h2-9,12H,10-11,13H2,1H3. The van der Waals surface area contributed by atoms with Crippen LogP contribution in [-0.2, 0) is 13.1 Å². The molecular formula is C19H18N2O. The van der Waals surface area contributed by atoms with Crippen molar-refractivity contribution < 1.29 is 4.79 Å². The van der Waals surface area contributed by atoms with Crippen molar-refractivity contribution in [2.24, 2.45) is 0 Å². The third kappa shape index (κ3) is 2.10. The minimum Gasteiger partial charge on any atom is -0.341 e. The quantitative estimate of drug-likeness (QED) is 0.672. The molecule has 1 aliphatic rings. The molecule has 0 unspecified atom stereocenters. The van der Waals surface area contributed by atoms with Crippen LogP contribution >= 0.6 is 0 Å². The van der Waals surface area contributed by atoms with Crippen molar-refractivity contribution in [2.75, 3.05) is 6.54 Å². The highest BCUT2D eigenvalue weighted by molar-refractivity contribution is 5.94. The molecule has 3 nitrogen and oxygen atoms in total. The lowest BCUT2D eigenvalue weighted by molar-refractivity contribution is 0.0712. The molecule has 3 aromatic rings. The summed E-state index contributed by atoms with van der Waals surface area (Å²) in [5, 5.41) is 1.25. The summed E-state index contributed by atoms with van der Waals surface area (Å²) in [6.07, 6.45) is 0. The average Bonchev–Trinajstić information content (AvgIpc) is 2.92. The molecule has 1 amide bonds. The zero-order valence-corrected chi connectivity index (χ0v) is 12.6. The molecule has 110 valence electrons. The maximum atomic E-state index is 12.7. The first-order chi connectivity index (χ1) is 10.7. The van der Waals surface area contributed by atoms with E-state index in [1.807, 2.05) is 36.1 Å². The topological polar surface area (TPSA) is 25.2 Å². The number of aromatic nitrogens is 1. The number of hydrogen-bond donors (Lipinski definition) is 0. The number of carbonyl (C=O) groups is 1. The van der Waals surface area contributed by atoms with Gasteiger partial charge in [-0.15, -0.1) is 0 Å². The van der Waals surface area contributed by atoms with Gasteiger partial charge in [-0.25, -0.2) is 0 Å². The number of nitrogens with zero attached hydrogens (tertiary/aromatic N) is 2. The lowest BCUT2D eigenvalue weighted by Gasteiger charge is -2.29. The van der Waals surface area contributed by atoms with Crippen LogP contribution in [0.2, 0.25) is 0 Å². The Morgan fingerprint density at radius 2 is 1.77 bits per heavy atom. The van der Waals surface area contributed by atoms with E-state index in [2.05, 4.69) is 34.9 Å². The molecule has 3 heteroatoms. The van der Waals surface area contributed by atoms with Crippen LogP contribution in [-0.4, -0.2) is 21.9 Å². The molecule has 0 saturated heterocycles. The molecule has 2 aromatic carbocycles. The van der Waals surface area contributed by atoms with Gasteiger partial charge in [0.05, 0.1) is 6.54 Å². The Morgan fingerprint density at radius 3 is 2.59 bits per heavy atom. The molecule has 0 fully saturated rings. The number of aryl methyl sites for hydroxylation is 1. The van der Waals surface area contributed by atoms with Crippen molar-refractivity contribution in [2.45, 2.75) is 20.0 Å². The first-order valence-electron chi connectivity index (χ1n) is 7.65. The normalized spacial score (nSPS) is 14.1. The van der Waals surface area contributed by atoms with E-state index in [1.54, 1.807) is 0 Å². The van der Waals surface area contributed by atoms with Crippen molar-refractivity contribution >= 4 is 16.8 Å². The minimum atomic E-state index is 0.122. The zero-order valence-electron chi connectivity index (χ0n) is 12.6. The molecule has 1 aromatic heterocycles. The molecule has 0 radical (unpaired) electrons. The summed E-state index contributed by atoms with van der Waals surface area (Å²) in [5.41, 5.74) is 4.43. The van der Waals surface area contributed by atoms with E-state index in [0.29, 0.717) is 6.54 Å². The van der Waals surface area contributed by atoms with Crippen LogP contribution in [0.4, 0.5) is 0 Å². The predicted octanol–water partition coefficient (Wildman–Crippen LogP) is 3.61. The largest absolute Gasteiger partial charge is 0.341 e. The second-order valence-corrected chi connectivity index (χ2v) is 5.94. The van der Waals surface area contributed by atoms with Crippen molar-refractivity contribution in [3.05, 3.63) is 71.4 Å². The van der Waals surface area contributed by atoms with Gasteiger partial charge < -0.3 is 9.47 Å². The molecule has 22 heavy (non-hydrogen) atoms. The molecule has 1 aliphatic heterocycles. The third-order valence-corrected chi connectivity index (χ3v) is 4.43. The second-order valence-electron chi connectivity index (χ2n) is 5.94. The number of hydrogen-bond acceptors (Lipinski definition) is 1. The Morgan fingerprint density at radius 1 is 1.00 bits per heavy atom. The van der Waals surface area contributed by atoms with Gasteiger partial charge in [0, 0.05) is 29.9 Å². The van der Waals surface area contributed by atoms with Gasteiger partial charge in [0.2, 0.25) is 0 Å². The van der Waals surface area contributed by atoms with Crippen LogP contribution in [0.5, 0.6) is 0 Å². The Hall–Kier alpha value is -2.55. The number of carbonyl (C=O) groups excluding carboxylic acids is 1. The molecule has 0 N–H and O–H groups in total. The van der Waals surface area contributed by atoms with Gasteiger partial charge in [-0.3, -0.25) is 4.79 Å². The molecular weight excluding hydrogens is 272 g/mol. The van der Waals surface area contributed by atoms with E-state index in [4.69, 9.17) is 0 Å². The van der Waals surface area contributed by atoms with Gasteiger partial charge in [0.15, 0.2) is 0 Å². The zero-order chi connectivity index (χ0) is 15.1. The maximum absolute atomic E-state index is 12.7. The van der Waals surface area contributed by atoms with Crippen molar-refractivity contribution in [1.29, 1.82) is 0 Å². The van der Waals surface area contributed by atoms with Crippen LogP contribution in [0, 0.1) is 6.92 Å². The number of rotatable bonds is 1. The fourth-order valence-corrected chi connectivity index (χ4v) is 3.21. The molecule has 0 atom stereocenters. The van der Waals surface area contributed by atoms with E-state index in [1.165, 1.54) is 22.2 Å². The van der Waals surface area contributed by atoms with Crippen LogP contribution < -0.4 is 0 Å². The Kier molecular flexibility index (Phi) is 3.00. The fraction of sp³-hybridized carbons (Fsp3) is 0.211. The number of amides is 1. The first-order valence-corrected chi connectivity index (χ1v) is 7.65. The number of benzene rings is 2. The average molecular weight is 290 g/mol. The summed E-state index contributed by atoms with van der Waals surface area (Å²) >= 11 is 0. The predicted molar refractivity (Wildman–Crippen MR) is 87.9 cm³/mol. The molecule has 0 aliphatic carbocycles. The molecule has 0 spiro atoms. The Bertz CT molecular complexity index is 846. The van der Waals surface area contributed by atoms with Gasteiger partial charge in [-0.1, -0.05) is 35.9 Å². The van der Waals surface area contributed by atoms with E-state index >= 15 is 0 Å². The number of fused-ring (bicyclic) bond motifs is 3. The lowest BCUT2D eigenvalue weighted by atomic mass is 10.1. The van der Waals surface area contributed by atoms with Crippen molar-refractivity contribution in [1.82, 2.24) is 9.47 Å². The Labute approximate surface area is 129 Å². The van der Waals surface area contributed by atoms with E-state index in [-0.39, 0.29) is 5.91 Å². The molecule has 0 saturated carbocycles. The van der Waals surface area contributed by atoms with Crippen molar-refractivity contribution in [3.63, 3.8) is 0 Å². The minimum absolute atomic E-state index is 0.122. The fourth-order valence-electron chi connectivity index (χ4n) is 3.21. The summed E-state index contributed by atoms with van der Waals surface area (Å²) in [7, 11) is 0. The summed E-state index contributed by atoms with van der Waals surface area (Å²) in [5.74, 6) is 0.122. The van der Waals surface area contributed by atoms with Crippen LogP contribution in [0.3, 0.4) is 0 Å². The SMILES string of the molecule is Cc1ccc(C(=O)N2CCn3c(cc4ccccc43)C2)cc1. The van der Waals surface area contributed by atoms with Gasteiger partial charge >= 0.3 is 0 Å². The van der Waals surface area contributed by atoms with E-state index < -0.39 is 0 Å². The summed E-state index contributed by atoms with van der Waals surface area (Å²) in [4.78, 5) is 14.6. The first kappa shape index (κ1) is 13.1. The van der Waals surface area contributed by atoms with E-state index in [0.717, 1.165) is 18.7 Å². The summed E-state index contributed by atoms with van der Waals surface area (Å²) < 4.78 is 2.33. The summed E-state index contributed by atoms with van der Waals surface area (Å²) in [6, 6.07) is 18.4. The van der Waals surface area contributed by atoms with Crippen LogP contribution in [0.15, 0.2) is 54.6 Å². The number of para-hydroxylation sites is 1. The highest BCUT2D eigenvalue weighted by Gasteiger charge is 2.23. The van der Waals surface area contributed by atoms with Crippen LogP contribution in [0.1, 0.15) is 21.6 Å². The van der Waals surface area contributed by atoms with Gasteiger partial charge in [-0.05, 0) is 36.6 Å². The van der Waals surface area contributed by atoms with Gasteiger partial charge in [-0.2, -0.15) is 0 Å². The molecule has 2 heterocycles. The lowest BCUT2D eigenvalue weighted by Crippen LogP contribution is -2.38. The molecule has 4 rings (SSSR count). The van der Waals surface area contributed by atoms with Crippen molar-refractivity contribution in [3.8, 4) is 0 Å². The highest BCUT2D eigenvalue weighted by Crippen LogP contribution is 2.24.